The second-order valence-corrected chi connectivity index (χ2v) is 6.73. The van der Waals surface area contributed by atoms with Gasteiger partial charge in [-0.25, -0.2) is 9.36 Å². The van der Waals surface area contributed by atoms with Crippen LogP contribution in [-0.4, -0.2) is 28.7 Å². The molecule has 0 fully saturated rings. The average Bonchev–Trinajstić information content (AvgIpc) is 2.75. The fourth-order valence-corrected chi connectivity index (χ4v) is 3.41. The summed E-state index contributed by atoms with van der Waals surface area (Å²) < 4.78 is 7.75. The Morgan fingerprint density at radius 2 is 1.86 bits per heavy atom. The topological polar surface area (TPSA) is 82.3 Å². The van der Waals surface area contributed by atoms with Crippen LogP contribution < -0.4 is 21.3 Å². The van der Waals surface area contributed by atoms with Crippen LogP contribution in [-0.2, 0) is 4.79 Å². The molecule has 152 valence electrons. The lowest BCUT2D eigenvalue weighted by Crippen LogP contribution is -2.44. The Morgan fingerprint density at radius 3 is 2.55 bits per heavy atom. The summed E-state index contributed by atoms with van der Waals surface area (Å²) in [5.41, 5.74) is -0.151. The van der Waals surface area contributed by atoms with Crippen LogP contribution in [0.15, 0.2) is 58.1 Å². The molecule has 1 aromatic heterocycles. The zero-order chi connectivity index (χ0) is 21.0. The Kier molecular flexibility index (Phi) is 6.16. The first-order chi connectivity index (χ1) is 14.0. The Bertz CT molecular complexity index is 1150. The van der Waals surface area contributed by atoms with Crippen LogP contribution in [0.5, 0.6) is 5.75 Å². The van der Waals surface area contributed by atoms with E-state index in [1.54, 1.807) is 48.5 Å². The van der Waals surface area contributed by atoms with E-state index in [1.165, 1.54) is 11.7 Å². The molecule has 1 atom stereocenters. The van der Waals surface area contributed by atoms with Crippen LogP contribution in [0.4, 0.5) is 0 Å². The van der Waals surface area contributed by atoms with Crippen molar-refractivity contribution in [2.75, 3.05) is 13.7 Å². The van der Waals surface area contributed by atoms with Gasteiger partial charge in [0.15, 0.2) is 0 Å². The van der Waals surface area contributed by atoms with Gasteiger partial charge in [-0.3, -0.25) is 14.2 Å². The van der Waals surface area contributed by atoms with Crippen LogP contribution in [0.25, 0.3) is 16.6 Å². The molecule has 0 aliphatic carbocycles. The molecule has 2 aromatic carbocycles. The first-order valence-corrected chi connectivity index (χ1v) is 9.71. The van der Waals surface area contributed by atoms with Crippen molar-refractivity contribution in [2.24, 2.45) is 0 Å². The number of nitrogens with one attached hydrogen (secondary N) is 1. The van der Waals surface area contributed by atoms with E-state index in [0.29, 0.717) is 35.3 Å². The van der Waals surface area contributed by atoms with E-state index in [0.717, 1.165) is 11.0 Å². The maximum absolute atomic E-state index is 13.5. The van der Waals surface area contributed by atoms with Crippen molar-refractivity contribution in [1.29, 1.82) is 0 Å². The summed E-state index contributed by atoms with van der Waals surface area (Å²) in [7, 11) is 1.52. The molecular formula is C22H25N3O4. The monoisotopic (exact) mass is 395 g/mol. The van der Waals surface area contributed by atoms with Gasteiger partial charge in [-0.1, -0.05) is 32.0 Å². The highest BCUT2D eigenvalue weighted by molar-refractivity contribution is 5.84. The predicted molar refractivity (Wildman–Crippen MR) is 113 cm³/mol. The molecule has 0 unspecified atom stereocenters. The van der Waals surface area contributed by atoms with Crippen molar-refractivity contribution in [3.05, 3.63) is 69.4 Å². The number of hydrogen-bond acceptors (Lipinski definition) is 4. The molecule has 0 bridgehead atoms. The smallest absolute Gasteiger partial charge is 0.336 e. The van der Waals surface area contributed by atoms with Gasteiger partial charge < -0.3 is 10.1 Å². The Labute approximate surface area is 168 Å². The second kappa shape index (κ2) is 8.77. The third-order valence-electron chi connectivity index (χ3n) is 4.86. The summed E-state index contributed by atoms with van der Waals surface area (Å²) in [6.07, 6.45) is 1.21. The number of carbonyl (C=O) groups excluding carboxylic acids is 1. The first kappa shape index (κ1) is 20.4. The number of benzene rings is 2. The molecule has 0 spiro atoms. The molecule has 7 heteroatoms. The highest BCUT2D eigenvalue weighted by atomic mass is 16.5. The number of hydrogen-bond donors (Lipinski definition) is 1. The van der Waals surface area contributed by atoms with E-state index in [4.69, 9.17) is 4.74 Å². The molecule has 1 heterocycles. The van der Waals surface area contributed by atoms with Gasteiger partial charge in [0.1, 0.15) is 11.8 Å². The van der Waals surface area contributed by atoms with Crippen LogP contribution in [0, 0.1) is 0 Å². The predicted octanol–water partition coefficient (Wildman–Crippen LogP) is 2.64. The van der Waals surface area contributed by atoms with Crippen molar-refractivity contribution < 1.29 is 9.53 Å². The molecule has 1 N–H and O–H groups in total. The Hall–Kier alpha value is -3.35. The lowest BCUT2D eigenvalue weighted by Gasteiger charge is -2.21. The van der Waals surface area contributed by atoms with Gasteiger partial charge in [0.05, 0.1) is 23.7 Å². The molecule has 29 heavy (non-hydrogen) atoms. The number of rotatable bonds is 7. The Morgan fingerprint density at radius 1 is 1.10 bits per heavy atom. The summed E-state index contributed by atoms with van der Waals surface area (Å²) in [4.78, 5) is 39.4. The molecular weight excluding hydrogens is 370 g/mol. The fraction of sp³-hybridized carbons (Fsp3) is 0.318. The van der Waals surface area contributed by atoms with Gasteiger partial charge in [0.25, 0.3) is 5.56 Å². The molecule has 0 aliphatic heterocycles. The van der Waals surface area contributed by atoms with Crippen LogP contribution >= 0.6 is 0 Å². The molecule has 0 aliphatic rings. The number of nitrogens with zero attached hydrogens (tertiary/aromatic N) is 2. The van der Waals surface area contributed by atoms with Crippen molar-refractivity contribution in [2.45, 2.75) is 32.7 Å². The second-order valence-electron chi connectivity index (χ2n) is 6.73. The van der Waals surface area contributed by atoms with Crippen molar-refractivity contribution in [3.8, 4) is 11.4 Å². The average molecular weight is 395 g/mol. The number of para-hydroxylation sites is 1. The molecule has 0 radical (unpaired) electrons. The normalized spacial score (nSPS) is 12.0. The van der Waals surface area contributed by atoms with Gasteiger partial charge in [-0.2, -0.15) is 0 Å². The summed E-state index contributed by atoms with van der Waals surface area (Å²) in [6, 6.07) is 12.9. The molecule has 3 aromatic rings. The number of fused-ring (bicyclic) bond motifs is 1. The number of methoxy groups -OCH3 is 1. The molecule has 0 saturated heterocycles. The standard InChI is InChI=1S/C22H25N3O4/c1-4-13-23-20(26)18(5-2)25-19-12-7-6-11-17(19)21(27)24(22(25)28)15-9-8-10-16(14-15)29-3/h6-12,14,18H,4-5,13H2,1-3H3,(H,23,26)/t18-/m0/s1. The quantitative estimate of drug-likeness (QED) is 0.667. The fourth-order valence-electron chi connectivity index (χ4n) is 3.41. The van der Waals surface area contributed by atoms with Crippen molar-refractivity contribution in [3.63, 3.8) is 0 Å². The summed E-state index contributed by atoms with van der Waals surface area (Å²) in [5, 5.41) is 3.23. The zero-order valence-corrected chi connectivity index (χ0v) is 16.8. The zero-order valence-electron chi connectivity index (χ0n) is 16.8. The van der Waals surface area contributed by atoms with Crippen molar-refractivity contribution in [1.82, 2.24) is 14.5 Å². The number of ether oxygens (including phenoxy) is 1. The van der Waals surface area contributed by atoms with Crippen molar-refractivity contribution >= 4 is 16.8 Å². The summed E-state index contributed by atoms with van der Waals surface area (Å²) in [5.74, 6) is 0.290. The summed E-state index contributed by atoms with van der Waals surface area (Å²) in [6.45, 7) is 4.34. The molecule has 0 saturated carbocycles. The maximum Gasteiger partial charge on any atom is 0.336 e. The number of amides is 1. The third kappa shape index (κ3) is 3.81. The highest BCUT2D eigenvalue weighted by Crippen LogP contribution is 2.19. The lowest BCUT2D eigenvalue weighted by atomic mass is 10.1. The number of carbonyl (C=O) groups is 1. The van der Waals surface area contributed by atoms with Gasteiger partial charge in [-0.05, 0) is 37.1 Å². The van der Waals surface area contributed by atoms with E-state index in [-0.39, 0.29) is 5.91 Å². The van der Waals surface area contributed by atoms with E-state index in [9.17, 15) is 14.4 Å². The van der Waals surface area contributed by atoms with Crippen LogP contribution in [0.2, 0.25) is 0 Å². The van der Waals surface area contributed by atoms with Gasteiger partial charge >= 0.3 is 5.69 Å². The van der Waals surface area contributed by atoms with E-state index < -0.39 is 17.3 Å². The minimum Gasteiger partial charge on any atom is -0.497 e. The SMILES string of the molecule is CCCNC(=O)[C@H](CC)n1c(=O)n(-c2cccc(OC)c2)c(=O)c2ccccc21. The lowest BCUT2D eigenvalue weighted by molar-refractivity contribution is -0.124. The summed E-state index contributed by atoms with van der Waals surface area (Å²) >= 11 is 0. The molecule has 7 nitrogen and oxygen atoms in total. The van der Waals surface area contributed by atoms with E-state index in [2.05, 4.69) is 5.32 Å². The maximum atomic E-state index is 13.5. The molecule has 1 amide bonds. The first-order valence-electron chi connectivity index (χ1n) is 9.71. The third-order valence-corrected chi connectivity index (χ3v) is 4.86. The van der Waals surface area contributed by atoms with Gasteiger partial charge in [-0.15, -0.1) is 0 Å². The highest BCUT2D eigenvalue weighted by Gasteiger charge is 2.24. The van der Waals surface area contributed by atoms with Gasteiger partial charge in [0, 0.05) is 12.6 Å². The minimum absolute atomic E-state index is 0.238. The largest absolute Gasteiger partial charge is 0.497 e. The van der Waals surface area contributed by atoms with E-state index in [1.807, 2.05) is 13.8 Å². The van der Waals surface area contributed by atoms with E-state index >= 15 is 0 Å². The Balaban J connectivity index is 2.34. The van der Waals surface area contributed by atoms with Crippen LogP contribution in [0.3, 0.4) is 0 Å². The van der Waals surface area contributed by atoms with Crippen LogP contribution in [0.1, 0.15) is 32.7 Å². The minimum atomic E-state index is -0.726. The molecule has 3 rings (SSSR count). The number of aromatic nitrogens is 2. The van der Waals surface area contributed by atoms with Gasteiger partial charge in [0.2, 0.25) is 5.91 Å².